The van der Waals surface area contributed by atoms with E-state index in [4.69, 9.17) is 4.74 Å². The summed E-state index contributed by atoms with van der Waals surface area (Å²) in [5.41, 5.74) is 5.19. The van der Waals surface area contributed by atoms with Crippen molar-refractivity contribution in [3.05, 3.63) is 59.7 Å². The van der Waals surface area contributed by atoms with Gasteiger partial charge in [-0.15, -0.1) is 0 Å². The predicted octanol–water partition coefficient (Wildman–Crippen LogP) is 4.79. The van der Waals surface area contributed by atoms with Crippen molar-refractivity contribution in [2.75, 3.05) is 6.61 Å². The fraction of sp³-hybridized carbons (Fsp3) is 0.143. The van der Waals surface area contributed by atoms with Crippen molar-refractivity contribution in [2.24, 2.45) is 0 Å². The van der Waals surface area contributed by atoms with Gasteiger partial charge in [0.2, 0.25) is 0 Å². The molecule has 1 aliphatic carbocycles. The molecule has 0 saturated carbocycles. The number of hydrogen-bond acceptors (Lipinski definition) is 1. The third-order valence-electron chi connectivity index (χ3n) is 2.77. The Morgan fingerprint density at radius 3 is 2.26 bits per heavy atom. The summed E-state index contributed by atoms with van der Waals surface area (Å²) in [5, 5.41) is 0. The van der Waals surface area contributed by atoms with Gasteiger partial charge >= 0.3 is 12.2 Å². The number of hydrogen-bond donors (Lipinski definition) is 0. The van der Waals surface area contributed by atoms with Crippen LogP contribution in [0, 0.1) is 0 Å². The lowest BCUT2D eigenvalue weighted by molar-refractivity contribution is 0.308. The zero-order valence-electron chi connectivity index (χ0n) is 9.80. The third-order valence-corrected chi connectivity index (χ3v) is 2.77. The minimum atomic E-state index is -2.91. The monoisotopic (exact) mass is 270 g/mol. The van der Waals surface area contributed by atoms with E-state index in [0.29, 0.717) is 6.10 Å². The Morgan fingerprint density at radius 1 is 1.21 bits per heavy atom. The summed E-state index contributed by atoms with van der Waals surface area (Å²) in [6.45, 7) is 4.64. The van der Waals surface area contributed by atoms with Gasteiger partial charge in [-0.2, -0.15) is 17.6 Å². The molecule has 100 valence electrons. The van der Waals surface area contributed by atoms with Crippen molar-refractivity contribution in [1.29, 1.82) is 0 Å². The molecule has 1 atom stereocenters. The van der Waals surface area contributed by atoms with Gasteiger partial charge in [-0.3, -0.25) is 0 Å². The molecule has 2 aliphatic rings. The maximum Gasteiger partial charge on any atom is 0.334 e. The molecule has 1 fully saturated rings. The van der Waals surface area contributed by atoms with Crippen LogP contribution in [0.1, 0.15) is 22.8 Å². The van der Waals surface area contributed by atoms with Gasteiger partial charge in [0.05, 0.1) is 6.61 Å². The highest BCUT2D eigenvalue weighted by molar-refractivity contribution is 5.99. The lowest BCUT2D eigenvalue weighted by Crippen LogP contribution is -1.97. The molecule has 0 bridgehead atoms. The molecule has 1 saturated heterocycles. The van der Waals surface area contributed by atoms with Crippen molar-refractivity contribution in [3.8, 4) is 0 Å². The van der Waals surface area contributed by atoms with Gasteiger partial charge in [-0.05, 0) is 34.4 Å². The Morgan fingerprint density at radius 2 is 1.84 bits per heavy atom. The number of ether oxygens (including phenoxy) is 1. The van der Waals surface area contributed by atoms with Gasteiger partial charge in [0.15, 0.2) is 0 Å². The molecule has 5 heteroatoms. The molecule has 3 rings (SSSR count). The molecule has 19 heavy (non-hydrogen) atoms. The summed E-state index contributed by atoms with van der Waals surface area (Å²) in [4.78, 5) is 0. The van der Waals surface area contributed by atoms with Crippen LogP contribution in [-0.4, -0.2) is 6.61 Å². The molecule has 1 aliphatic heterocycles. The maximum atomic E-state index is 10.3. The molecule has 1 nitrogen and oxygen atoms in total. The topological polar surface area (TPSA) is 12.5 Å². The standard InChI is InChI=1S/C12H10O.C2F4/c1-2-8-5-10-6-9(12-7-13-12)3-4-11(8)10;3-1(4)2(5)6/h2-6,12H,1,7H2;. The van der Waals surface area contributed by atoms with E-state index in [0.717, 1.165) is 6.61 Å². The number of allylic oxidation sites excluding steroid dienone is 2. The van der Waals surface area contributed by atoms with E-state index in [1.807, 2.05) is 6.08 Å². The van der Waals surface area contributed by atoms with Gasteiger partial charge in [0.25, 0.3) is 0 Å². The second-order valence-corrected chi connectivity index (χ2v) is 3.99. The normalized spacial score (nSPS) is 18.1. The van der Waals surface area contributed by atoms with E-state index in [1.165, 1.54) is 22.3 Å². The van der Waals surface area contributed by atoms with Crippen LogP contribution in [0.25, 0.3) is 11.6 Å². The second kappa shape index (κ2) is 5.40. The van der Waals surface area contributed by atoms with Crippen molar-refractivity contribution >= 4 is 11.6 Å². The molecule has 0 N–H and O–H groups in total. The van der Waals surface area contributed by atoms with Crippen LogP contribution in [0.15, 0.2) is 43.0 Å². The zero-order valence-corrected chi connectivity index (χ0v) is 9.80. The lowest BCUT2D eigenvalue weighted by atomic mass is 9.87. The summed E-state index contributed by atoms with van der Waals surface area (Å²) in [7, 11) is 0. The van der Waals surface area contributed by atoms with Gasteiger partial charge in [-0.25, -0.2) is 0 Å². The molecule has 0 aromatic heterocycles. The van der Waals surface area contributed by atoms with E-state index >= 15 is 0 Å². The van der Waals surface area contributed by atoms with E-state index < -0.39 is 12.2 Å². The molecular weight excluding hydrogens is 260 g/mol. The first-order valence-electron chi connectivity index (χ1n) is 5.49. The molecule has 0 amide bonds. The fourth-order valence-electron chi connectivity index (χ4n) is 1.74. The first kappa shape index (κ1) is 13.5. The summed E-state index contributed by atoms with van der Waals surface area (Å²) in [6.07, 6.45) is -1.39. The van der Waals surface area contributed by atoms with Gasteiger partial charge in [0.1, 0.15) is 6.10 Å². The average Bonchev–Trinajstić information content (AvgIpc) is 3.15. The number of halogens is 4. The van der Waals surface area contributed by atoms with Crippen LogP contribution in [-0.2, 0) is 4.74 Å². The van der Waals surface area contributed by atoms with Crippen LogP contribution in [0.3, 0.4) is 0 Å². The second-order valence-electron chi connectivity index (χ2n) is 3.99. The Bertz CT molecular complexity index is 553. The van der Waals surface area contributed by atoms with Crippen molar-refractivity contribution in [2.45, 2.75) is 6.10 Å². The number of rotatable bonds is 2. The van der Waals surface area contributed by atoms with Crippen LogP contribution in [0.2, 0.25) is 0 Å². The third kappa shape index (κ3) is 3.12. The Labute approximate surface area is 107 Å². The van der Waals surface area contributed by atoms with Crippen LogP contribution < -0.4 is 0 Å². The van der Waals surface area contributed by atoms with Crippen molar-refractivity contribution < 1.29 is 22.3 Å². The maximum absolute atomic E-state index is 10.3. The smallest absolute Gasteiger partial charge is 0.334 e. The first-order chi connectivity index (χ1) is 9.02. The Balaban J connectivity index is 0.000000192. The van der Waals surface area contributed by atoms with Crippen LogP contribution in [0.5, 0.6) is 0 Å². The van der Waals surface area contributed by atoms with E-state index in [9.17, 15) is 17.6 Å². The molecular formula is C14H10F4O. The summed E-state index contributed by atoms with van der Waals surface area (Å²) >= 11 is 0. The van der Waals surface area contributed by atoms with Gasteiger partial charge in [0, 0.05) is 0 Å². The van der Waals surface area contributed by atoms with E-state index in [2.05, 4.69) is 30.9 Å². The number of epoxide rings is 1. The molecule has 1 heterocycles. The number of benzene rings is 1. The predicted molar refractivity (Wildman–Crippen MR) is 64.7 cm³/mol. The quantitative estimate of drug-likeness (QED) is 0.556. The molecule has 1 aromatic carbocycles. The molecule has 1 aromatic rings. The lowest BCUT2D eigenvalue weighted by Gasteiger charge is -2.17. The van der Waals surface area contributed by atoms with Crippen LogP contribution >= 0.6 is 0 Å². The number of fused-ring (bicyclic) bond motifs is 1. The highest BCUT2D eigenvalue weighted by Gasteiger charge is 2.26. The van der Waals surface area contributed by atoms with Gasteiger partial charge in [-0.1, -0.05) is 24.8 Å². The first-order valence-corrected chi connectivity index (χ1v) is 5.49. The Kier molecular flexibility index (Phi) is 3.85. The van der Waals surface area contributed by atoms with Crippen LogP contribution in [0.4, 0.5) is 17.6 Å². The molecule has 0 radical (unpaired) electrons. The molecule has 1 unspecified atom stereocenters. The highest BCUT2D eigenvalue weighted by Crippen LogP contribution is 2.37. The van der Waals surface area contributed by atoms with Gasteiger partial charge < -0.3 is 4.74 Å². The average molecular weight is 270 g/mol. The minimum Gasteiger partial charge on any atom is -0.368 e. The summed E-state index contributed by atoms with van der Waals surface area (Å²) in [5.74, 6) is 0. The van der Waals surface area contributed by atoms with Crippen molar-refractivity contribution in [1.82, 2.24) is 0 Å². The molecule has 0 spiro atoms. The van der Waals surface area contributed by atoms with E-state index in [-0.39, 0.29) is 0 Å². The largest absolute Gasteiger partial charge is 0.368 e. The van der Waals surface area contributed by atoms with E-state index in [1.54, 1.807) is 0 Å². The Hall–Kier alpha value is -1.88. The van der Waals surface area contributed by atoms with Crippen molar-refractivity contribution in [3.63, 3.8) is 0 Å². The summed E-state index contributed by atoms with van der Waals surface area (Å²) < 4.78 is 46.4. The summed E-state index contributed by atoms with van der Waals surface area (Å²) in [6, 6.07) is 6.51. The fourth-order valence-corrected chi connectivity index (χ4v) is 1.74. The zero-order chi connectivity index (χ0) is 14.0. The highest BCUT2D eigenvalue weighted by atomic mass is 19.3. The SMILES string of the molecule is C=CC1=Cc2cc(C3CO3)ccc21.FC(F)=C(F)F. The minimum absolute atomic E-state index is 0.367.